The van der Waals surface area contributed by atoms with Gasteiger partial charge in [-0.2, -0.15) is 13.2 Å². The molecular weight excluding hydrogens is 407 g/mol. The summed E-state index contributed by atoms with van der Waals surface area (Å²) in [6.45, 7) is 3.73. The minimum absolute atomic E-state index is 0.105. The lowest BCUT2D eigenvalue weighted by molar-refractivity contribution is -0.137. The molecule has 158 valence electrons. The molecule has 0 unspecified atom stereocenters. The Kier molecular flexibility index (Phi) is 6.01. The molecule has 7 nitrogen and oxygen atoms in total. The molecule has 11 heteroatoms. The highest BCUT2D eigenvalue weighted by atomic mass is 32.2. The molecule has 1 aromatic heterocycles. The first-order valence-corrected chi connectivity index (χ1v) is 10.4. The third-order valence-electron chi connectivity index (χ3n) is 4.74. The zero-order valence-corrected chi connectivity index (χ0v) is 16.6. The summed E-state index contributed by atoms with van der Waals surface area (Å²) in [5.74, 6) is 0.829. The van der Waals surface area contributed by atoms with E-state index in [4.69, 9.17) is 5.14 Å². The Bertz CT molecular complexity index is 956. The summed E-state index contributed by atoms with van der Waals surface area (Å²) < 4.78 is 62.7. The molecule has 0 radical (unpaired) electrons. The van der Waals surface area contributed by atoms with Gasteiger partial charge in [0.05, 0.1) is 10.5 Å². The average molecular weight is 429 g/mol. The number of nitrogens with one attached hydrogen (secondary N) is 1. The molecule has 1 aliphatic rings. The predicted molar refractivity (Wildman–Crippen MR) is 104 cm³/mol. The summed E-state index contributed by atoms with van der Waals surface area (Å²) in [5, 5.41) is 7.64. The number of rotatable bonds is 5. The number of nitrogens with two attached hydrogens (primary N) is 1. The topological polar surface area (TPSA) is 91.6 Å². The van der Waals surface area contributed by atoms with E-state index in [2.05, 4.69) is 27.1 Å². The van der Waals surface area contributed by atoms with Gasteiger partial charge in [-0.25, -0.2) is 18.5 Å². The van der Waals surface area contributed by atoms with Crippen LogP contribution in [0.2, 0.25) is 0 Å². The highest BCUT2D eigenvalue weighted by molar-refractivity contribution is 7.89. The van der Waals surface area contributed by atoms with Crippen LogP contribution in [0.5, 0.6) is 0 Å². The number of sulfonamides is 1. The summed E-state index contributed by atoms with van der Waals surface area (Å²) in [4.78, 5) is 8.21. The number of halogens is 3. The number of hydrogen-bond donors (Lipinski definition) is 2. The molecule has 3 N–H and O–H groups in total. The Balaban J connectivity index is 1.72. The van der Waals surface area contributed by atoms with Crippen molar-refractivity contribution in [2.45, 2.75) is 17.6 Å². The van der Waals surface area contributed by atoms with E-state index >= 15 is 0 Å². The smallest absolute Gasteiger partial charge is 0.380 e. The van der Waals surface area contributed by atoms with Crippen LogP contribution in [-0.2, 0) is 22.7 Å². The molecule has 2 aromatic rings. The Morgan fingerprint density at radius 3 is 2.38 bits per heavy atom. The van der Waals surface area contributed by atoms with Crippen molar-refractivity contribution in [1.82, 2.24) is 9.88 Å². The molecule has 1 aliphatic heterocycles. The number of aromatic nitrogens is 1. The zero-order chi connectivity index (χ0) is 21.2. The van der Waals surface area contributed by atoms with Crippen LogP contribution < -0.4 is 15.4 Å². The first kappa shape index (κ1) is 21.3. The van der Waals surface area contributed by atoms with E-state index in [9.17, 15) is 21.6 Å². The maximum Gasteiger partial charge on any atom is 0.418 e. The fourth-order valence-corrected chi connectivity index (χ4v) is 3.57. The lowest BCUT2D eigenvalue weighted by Crippen LogP contribution is -2.44. The molecule has 1 fully saturated rings. The highest BCUT2D eigenvalue weighted by Crippen LogP contribution is 2.36. The minimum atomic E-state index is -4.73. The molecule has 0 atom stereocenters. The van der Waals surface area contributed by atoms with Crippen molar-refractivity contribution >= 4 is 21.5 Å². The van der Waals surface area contributed by atoms with Gasteiger partial charge < -0.3 is 15.1 Å². The fraction of sp³-hybridized carbons (Fsp3) is 0.389. The third kappa shape index (κ3) is 5.37. The number of benzene rings is 1. The average Bonchev–Trinajstić information content (AvgIpc) is 2.66. The van der Waals surface area contributed by atoms with Crippen molar-refractivity contribution in [3.05, 3.63) is 47.7 Å². The van der Waals surface area contributed by atoms with Crippen molar-refractivity contribution in [1.29, 1.82) is 0 Å². The van der Waals surface area contributed by atoms with Crippen LogP contribution in [0.25, 0.3) is 0 Å². The summed E-state index contributed by atoms with van der Waals surface area (Å²) in [7, 11) is -2.17. The second kappa shape index (κ2) is 8.17. The van der Waals surface area contributed by atoms with Crippen molar-refractivity contribution in [3.63, 3.8) is 0 Å². The zero-order valence-electron chi connectivity index (χ0n) is 15.8. The number of nitrogens with zero attached hydrogens (tertiary/aromatic N) is 3. The van der Waals surface area contributed by atoms with Gasteiger partial charge in [0, 0.05) is 44.6 Å². The lowest BCUT2D eigenvalue weighted by atomic mass is 10.1. The van der Waals surface area contributed by atoms with Gasteiger partial charge in [0.25, 0.3) is 0 Å². The Hall–Kier alpha value is -2.37. The lowest BCUT2D eigenvalue weighted by Gasteiger charge is -2.33. The van der Waals surface area contributed by atoms with Gasteiger partial charge in [-0.15, -0.1) is 0 Å². The van der Waals surface area contributed by atoms with Crippen LogP contribution in [-0.4, -0.2) is 51.5 Å². The predicted octanol–water partition coefficient (Wildman–Crippen LogP) is 2.11. The second-order valence-electron chi connectivity index (χ2n) is 6.92. The first-order chi connectivity index (χ1) is 13.5. The van der Waals surface area contributed by atoms with Gasteiger partial charge in [0.1, 0.15) is 5.82 Å². The number of likely N-dealkylation sites (N-methyl/N-ethyl adjacent to an activating group) is 1. The van der Waals surface area contributed by atoms with Crippen molar-refractivity contribution < 1.29 is 21.6 Å². The summed E-state index contributed by atoms with van der Waals surface area (Å²) >= 11 is 0. The molecule has 0 spiro atoms. The number of anilines is 2. The van der Waals surface area contributed by atoms with E-state index in [1.165, 1.54) is 0 Å². The summed E-state index contributed by atoms with van der Waals surface area (Å²) in [6, 6.07) is 6.29. The molecule has 0 bridgehead atoms. The van der Waals surface area contributed by atoms with Crippen molar-refractivity contribution in [3.8, 4) is 0 Å². The molecule has 29 heavy (non-hydrogen) atoms. The maximum absolute atomic E-state index is 13.3. The number of pyridine rings is 1. The van der Waals surface area contributed by atoms with Gasteiger partial charge in [-0.3, -0.25) is 0 Å². The molecular formula is C18H22F3N5O2S. The normalized spacial score (nSPS) is 16.1. The van der Waals surface area contributed by atoms with Gasteiger partial charge in [-0.05, 0) is 36.9 Å². The number of piperazine rings is 1. The van der Waals surface area contributed by atoms with Gasteiger partial charge >= 0.3 is 6.18 Å². The maximum atomic E-state index is 13.3. The fourth-order valence-electron chi connectivity index (χ4n) is 3.03. The standard InChI is InChI=1S/C18H22F3N5O2S/c1-25-6-8-26(9-7-25)17-5-2-13(12-24-17)11-23-16-4-3-14(29(22,27)28)10-15(16)18(19,20)21/h2-5,10,12,23H,6-9,11H2,1H3,(H2,22,27,28). The minimum Gasteiger partial charge on any atom is -0.380 e. The number of primary sulfonamides is 1. The molecule has 0 amide bonds. The molecule has 1 aromatic carbocycles. The Morgan fingerprint density at radius 1 is 1.14 bits per heavy atom. The first-order valence-electron chi connectivity index (χ1n) is 8.90. The van der Waals surface area contributed by atoms with Crippen LogP contribution in [0.3, 0.4) is 0 Å². The van der Waals surface area contributed by atoms with Crippen LogP contribution >= 0.6 is 0 Å². The second-order valence-corrected chi connectivity index (χ2v) is 8.48. The summed E-state index contributed by atoms with van der Waals surface area (Å²) in [5.41, 5.74) is -0.620. The number of alkyl halides is 3. The molecule has 2 heterocycles. The number of hydrogen-bond acceptors (Lipinski definition) is 6. The van der Waals surface area contributed by atoms with Crippen molar-refractivity contribution in [2.24, 2.45) is 5.14 Å². The quantitative estimate of drug-likeness (QED) is 0.757. The monoisotopic (exact) mass is 429 g/mol. The van der Waals surface area contributed by atoms with E-state index in [-0.39, 0.29) is 12.2 Å². The third-order valence-corrected chi connectivity index (χ3v) is 5.66. The van der Waals surface area contributed by atoms with E-state index < -0.39 is 26.7 Å². The van der Waals surface area contributed by atoms with Gasteiger partial charge in [-0.1, -0.05) is 6.07 Å². The van der Waals surface area contributed by atoms with E-state index in [1.54, 1.807) is 12.3 Å². The van der Waals surface area contributed by atoms with E-state index in [0.29, 0.717) is 11.6 Å². The van der Waals surface area contributed by atoms with Crippen molar-refractivity contribution in [2.75, 3.05) is 43.4 Å². The largest absolute Gasteiger partial charge is 0.418 e. The van der Waals surface area contributed by atoms with Crippen LogP contribution in [0.1, 0.15) is 11.1 Å². The Morgan fingerprint density at radius 2 is 1.83 bits per heavy atom. The van der Waals surface area contributed by atoms with Gasteiger partial charge in [0.2, 0.25) is 10.0 Å². The Labute approximate surface area is 167 Å². The summed E-state index contributed by atoms with van der Waals surface area (Å²) in [6.07, 6.45) is -3.11. The van der Waals surface area contributed by atoms with Crippen LogP contribution in [0, 0.1) is 0 Å². The SMILES string of the molecule is CN1CCN(c2ccc(CNc3ccc(S(N)(=O)=O)cc3C(F)(F)F)cn2)CC1. The van der Waals surface area contributed by atoms with E-state index in [1.807, 2.05) is 6.07 Å². The van der Waals surface area contributed by atoms with Crippen LogP contribution in [0.15, 0.2) is 41.4 Å². The molecule has 0 aliphatic carbocycles. The van der Waals surface area contributed by atoms with Gasteiger partial charge in [0.15, 0.2) is 0 Å². The molecule has 1 saturated heterocycles. The van der Waals surface area contributed by atoms with E-state index in [0.717, 1.165) is 44.1 Å². The molecule has 0 saturated carbocycles. The molecule has 3 rings (SSSR count). The van der Waals surface area contributed by atoms with Crippen LogP contribution in [0.4, 0.5) is 24.7 Å². The highest BCUT2D eigenvalue weighted by Gasteiger charge is 2.34.